The standard InChI is InChI=1S/C23H28N2O4S/c1-26-10-12-28-21-7-3-5-19(15-21)17-25(23-24-9-14-30-23)18-20-6-4-8-22(16-20)29-13-11-27-2/h3-9,14-16H,10-13,17-18H2,1-2H3. The number of aromatic nitrogens is 1. The Morgan fingerprint density at radius 3 is 1.83 bits per heavy atom. The topological polar surface area (TPSA) is 53.1 Å². The molecule has 0 N–H and O–H groups in total. The molecule has 0 spiro atoms. The predicted molar refractivity (Wildman–Crippen MR) is 120 cm³/mol. The lowest BCUT2D eigenvalue weighted by atomic mass is 10.1. The second-order valence-electron chi connectivity index (χ2n) is 6.65. The first kappa shape index (κ1) is 22.1. The van der Waals surface area contributed by atoms with Gasteiger partial charge in [0.05, 0.1) is 13.2 Å². The molecular weight excluding hydrogens is 400 g/mol. The van der Waals surface area contributed by atoms with Crippen LogP contribution in [-0.2, 0) is 22.6 Å². The number of thiazole rings is 1. The third-order valence-corrected chi connectivity index (χ3v) is 5.18. The summed E-state index contributed by atoms with van der Waals surface area (Å²) in [6, 6.07) is 16.3. The smallest absolute Gasteiger partial charge is 0.185 e. The second kappa shape index (κ2) is 12.2. The number of methoxy groups -OCH3 is 2. The van der Waals surface area contributed by atoms with E-state index in [4.69, 9.17) is 18.9 Å². The van der Waals surface area contributed by atoms with Gasteiger partial charge in [0.25, 0.3) is 0 Å². The molecule has 0 amide bonds. The Kier molecular flexibility index (Phi) is 8.96. The summed E-state index contributed by atoms with van der Waals surface area (Å²) in [7, 11) is 3.34. The lowest BCUT2D eigenvalue weighted by molar-refractivity contribution is 0.146. The summed E-state index contributed by atoms with van der Waals surface area (Å²) in [4.78, 5) is 6.78. The van der Waals surface area contributed by atoms with Crippen LogP contribution in [0.1, 0.15) is 11.1 Å². The molecule has 0 atom stereocenters. The number of anilines is 1. The highest BCUT2D eigenvalue weighted by molar-refractivity contribution is 7.13. The maximum absolute atomic E-state index is 5.76. The molecule has 0 aliphatic rings. The van der Waals surface area contributed by atoms with Crippen molar-refractivity contribution in [1.82, 2.24) is 4.98 Å². The molecule has 1 aromatic heterocycles. The van der Waals surface area contributed by atoms with Crippen molar-refractivity contribution in [2.45, 2.75) is 13.1 Å². The summed E-state index contributed by atoms with van der Waals surface area (Å²) in [6.07, 6.45) is 1.83. The fraction of sp³-hybridized carbons (Fsp3) is 0.348. The van der Waals surface area contributed by atoms with Crippen LogP contribution in [-0.4, -0.2) is 45.6 Å². The van der Waals surface area contributed by atoms with Crippen LogP contribution in [0.15, 0.2) is 60.1 Å². The minimum Gasteiger partial charge on any atom is -0.491 e. The molecular formula is C23H28N2O4S. The summed E-state index contributed by atoms with van der Waals surface area (Å²) < 4.78 is 21.6. The molecule has 30 heavy (non-hydrogen) atoms. The average molecular weight is 429 g/mol. The van der Waals surface area contributed by atoms with Gasteiger partial charge in [0.2, 0.25) is 0 Å². The Morgan fingerprint density at radius 1 is 0.800 bits per heavy atom. The monoisotopic (exact) mass is 428 g/mol. The maximum atomic E-state index is 5.76. The fourth-order valence-electron chi connectivity index (χ4n) is 2.96. The molecule has 0 aliphatic carbocycles. The molecule has 0 bridgehead atoms. The molecule has 0 aliphatic heterocycles. The molecule has 0 fully saturated rings. The van der Waals surface area contributed by atoms with Crippen molar-refractivity contribution in [3.8, 4) is 11.5 Å². The Labute approximate surface area is 182 Å². The van der Waals surface area contributed by atoms with Crippen LogP contribution in [0.25, 0.3) is 0 Å². The summed E-state index contributed by atoms with van der Waals surface area (Å²) in [5.41, 5.74) is 2.32. The summed E-state index contributed by atoms with van der Waals surface area (Å²) in [5.74, 6) is 1.69. The summed E-state index contributed by atoms with van der Waals surface area (Å²) >= 11 is 1.63. The van der Waals surface area contributed by atoms with Gasteiger partial charge in [-0.25, -0.2) is 4.98 Å². The molecule has 3 rings (SSSR count). The number of hydrogen-bond acceptors (Lipinski definition) is 7. The van der Waals surface area contributed by atoms with E-state index in [1.165, 1.54) is 0 Å². The zero-order valence-corrected chi connectivity index (χ0v) is 18.3. The SMILES string of the molecule is COCCOc1cccc(CN(Cc2cccc(OCCOC)c2)c2nccs2)c1. The maximum Gasteiger partial charge on any atom is 0.185 e. The highest BCUT2D eigenvalue weighted by atomic mass is 32.1. The molecule has 1 heterocycles. The van der Waals surface area contributed by atoms with Gasteiger partial charge in [0, 0.05) is 38.9 Å². The van der Waals surface area contributed by atoms with Crippen molar-refractivity contribution >= 4 is 16.5 Å². The molecule has 2 aromatic carbocycles. The molecule has 7 heteroatoms. The van der Waals surface area contributed by atoms with Gasteiger partial charge in [0.15, 0.2) is 5.13 Å². The number of rotatable bonds is 13. The Morgan fingerprint density at radius 2 is 1.37 bits per heavy atom. The van der Waals surface area contributed by atoms with E-state index in [0.717, 1.165) is 40.8 Å². The normalized spacial score (nSPS) is 10.7. The molecule has 3 aromatic rings. The zero-order valence-electron chi connectivity index (χ0n) is 17.5. The third-order valence-electron chi connectivity index (χ3n) is 4.35. The van der Waals surface area contributed by atoms with E-state index < -0.39 is 0 Å². The van der Waals surface area contributed by atoms with Gasteiger partial charge in [-0.05, 0) is 35.4 Å². The summed E-state index contributed by atoms with van der Waals surface area (Å²) in [5, 5.41) is 2.98. The highest BCUT2D eigenvalue weighted by Gasteiger charge is 2.12. The van der Waals surface area contributed by atoms with Crippen LogP contribution in [0, 0.1) is 0 Å². The first-order valence-electron chi connectivity index (χ1n) is 9.84. The van der Waals surface area contributed by atoms with Crippen molar-refractivity contribution in [3.63, 3.8) is 0 Å². The van der Waals surface area contributed by atoms with Crippen molar-refractivity contribution < 1.29 is 18.9 Å². The van der Waals surface area contributed by atoms with Gasteiger partial charge >= 0.3 is 0 Å². The van der Waals surface area contributed by atoms with Gasteiger partial charge in [-0.1, -0.05) is 24.3 Å². The first-order chi connectivity index (χ1) is 14.8. The molecule has 0 unspecified atom stereocenters. The largest absolute Gasteiger partial charge is 0.491 e. The van der Waals surface area contributed by atoms with Gasteiger partial charge in [-0.2, -0.15) is 0 Å². The van der Waals surface area contributed by atoms with Crippen molar-refractivity contribution in [3.05, 3.63) is 71.2 Å². The molecule has 0 saturated carbocycles. The zero-order chi connectivity index (χ0) is 21.0. The van der Waals surface area contributed by atoms with Crippen LogP contribution in [0.2, 0.25) is 0 Å². The highest BCUT2D eigenvalue weighted by Crippen LogP contribution is 2.25. The molecule has 0 saturated heterocycles. The minimum absolute atomic E-state index is 0.534. The molecule has 0 radical (unpaired) electrons. The average Bonchev–Trinajstić information content (AvgIpc) is 3.29. The van der Waals surface area contributed by atoms with Gasteiger partial charge in [0.1, 0.15) is 24.7 Å². The Bertz CT molecular complexity index is 818. The van der Waals surface area contributed by atoms with E-state index in [0.29, 0.717) is 26.4 Å². The van der Waals surface area contributed by atoms with E-state index in [2.05, 4.69) is 34.1 Å². The first-order valence-corrected chi connectivity index (χ1v) is 10.7. The van der Waals surface area contributed by atoms with Crippen molar-refractivity contribution in [2.24, 2.45) is 0 Å². The van der Waals surface area contributed by atoms with E-state index in [9.17, 15) is 0 Å². The van der Waals surface area contributed by atoms with E-state index in [-0.39, 0.29) is 0 Å². The summed E-state index contributed by atoms with van der Waals surface area (Å²) in [6.45, 7) is 3.65. The van der Waals surface area contributed by atoms with Gasteiger partial charge in [-0.15, -0.1) is 11.3 Å². The Balaban J connectivity index is 1.70. The van der Waals surface area contributed by atoms with Crippen LogP contribution in [0.5, 0.6) is 11.5 Å². The van der Waals surface area contributed by atoms with Gasteiger partial charge < -0.3 is 23.8 Å². The van der Waals surface area contributed by atoms with Crippen molar-refractivity contribution in [2.75, 3.05) is 45.5 Å². The number of nitrogens with zero attached hydrogens (tertiary/aromatic N) is 2. The minimum atomic E-state index is 0.534. The predicted octanol–water partition coefficient (Wildman–Crippen LogP) is 4.40. The number of ether oxygens (including phenoxy) is 4. The number of hydrogen-bond donors (Lipinski definition) is 0. The van der Waals surface area contributed by atoms with Crippen molar-refractivity contribution in [1.29, 1.82) is 0 Å². The lowest BCUT2D eigenvalue weighted by Crippen LogP contribution is -2.22. The second-order valence-corrected chi connectivity index (χ2v) is 7.52. The lowest BCUT2D eigenvalue weighted by Gasteiger charge is -2.23. The van der Waals surface area contributed by atoms with E-state index in [1.807, 2.05) is 35.8 Å². The third kappa shape index (κ3) is 7.02. The van der Waals surface area contributed by atoms with E-state index in [1.54, 1.807) is 25.6 Å². The van der Waals surface area contributed by atoms with Gasteiger partial charge in [-0.3, -0.25) is 0 Å². The Hall–Kier alpha value is -2.61. The van der Waals surface area contributed by atoms with Crippen LogP contribution in [0.4, 0.5) is 5.13 Å². The fourth-order valence-corrected chi connectivity index (χ4v) is 3.60. The van der Waals surface area contributed by atoms with Crippen LogP contribution >= 0.6 is 11.3 Å². The molecule has 160 valence electrons. The molecule has 6 nitrogen and oxygen atoms in total. The quantitative estimate of drug-likeness (QED) is 0.376. The van der Waals surface area contributed by atoms with E-state index >= 15 is 0 Å². The van der Waals surface area contributed by atoms with Crippen LogP contribution < -0.4 is 14.4 Å². The van der Waals surface area contributed by atoms with Crippen LogP contribution in [0.3, 0.4) is 0 Å². The number of benzene rings is 2.